The molecule has 0 fully saturated rings. The summed E-state index contributed by atoms with van der Waals surface area (Å²) in [6.07, 6.45) is 0. The number of hydrogen-bond donors (Lipinski definition) is 0. The van der Waals surface area contributed by atoms with Crippen molar-refractivity contribution < 1.29 is 4.74 Å². The van der Waals surface area contributed by atoms with E-state index in [1.807, 2.05) is 12.1 Å². The van der Waals surface area contributed by atoms with Gasteiger partial charge in [0.2, 0.25) is 0 Å². The highest BCUT2D eigenvalue weighted by atomic mass is 28.3. The lowest BCUT2D eigenvalue weighted by Crippen LogP contribution is -2.53. The summed E-state index contributed by atoms with van der Waals surface area (Å²) in [5.41, 5.74) is 3.79. The van der Waals surface area contributed by atoms with Crippen molar-refractivity contribution in [1.29, 1.82) is 0 Å². The van der Waals surface area contributed by atoms with Gasteiger partial charge in [0.15, 0.2) is 0 Å². The molecule has 0 saturated carbocycles. The van der Waals surface area contributed by atoms with Gasteiger partial charge in [0, 0.05) is 0 Å². The molecule has 0 radical (unpaired) electrons. The molecule has 3 heteroatoms. The zero-order valence-corrected chi connectivity index (χ0v) is 16.6. The Labute approximate surface area is 146 Å². The minimum absolute atomic E-state index is 0.124. The molecule has 1 unspecified atom stereocenters. The monoisotopic (exact) mass is 337 g/mol. The molecule has 0 bridgehead atoms. The van der Waals surface area contributed by atoms with Crippen molar-refractivity contribution >= 4 is 13.8 Å². The van der Waals surface area contributed by atoms with Gasteiger partial charge in [-0.1, -0.05) is 64.2 Å². The first-order chi connectivity index (χ1) is 11.2. The van der Waals surface area contributed by atoms with Crippen LogP contribution in [0, 0.1) is 0 Å². The van der Waals surface area contributed by atoms with Crippen molar-refractivity contribution in [2.24, 2.45) is 4.99 Å². The summed E-state index contributed by atoms with van der Waals surface area (Å²) in [4.78, 5) is 5.16. The highest BCUT2D eigenvalue weighted by Crippen LogP contribution is 2.57. The van der Waals surface area contributed by atoms with Crippen LogP contribution in [0.2, 0.25) is 18.1 Å². The molecule has 0 saturated heterocycles. The lowest BCUT2D eigenvalue weighted by atomic mass is 10.0. The molecule has 24 heavy (non-hydrogen) atoms. The fraction of sp³-hybridized carbons (Fsp3) is 0.381. The van der Waals surface area contributed by atoms with Crippen LogP contribution in [0.15, 0.2) is 59.6 Å². The molecule has 3 rings (SSSR count). The van der Waals surface area contributed by atoms with Crippen LogP contribution in [0.4, 0.5) is 0 Å². The van der Waals surface area contributed by atoms with E-state index in [1.54, 1.807) is 7.11 Å². The molecule has 0 spiro atoms. The molecule has 0 amide bonds. The first kappa shape index (κ1) is 17.0. The van der Waals surface area contributed by atoms with Crippen LogP contribution in [0.3, 0.4) is 0 Å². The summed E-state index contributed by atoms with van der Waals surface area (Å²) in [5, 5.41) is 0.127. The summed E-state index contributed by atoms with van der Waals surface area (Å²) in [6, 6.07) is 19.1. The second-order valence-electron chi connectivity index (χ2n) is 8.14. The van der Waals surface area contributed by atoms with Crippen LogP contribution in [-0.2, 0) is 5.16 Å². The first-order valence-corrected chi connectivity index (χ1v) is 11.5. The van der Waals surface area contributed by atoms with E-state index in [0.717, 1.165) is 5.75 Å². The second-order valence-corrected chi connectivity index (χ2v) is 13.6. The van der Waals surface area contributed by atoms with Crippen LogP contribution in [0.25, 0.3) is 0 Å². The van der Waals surface area contributed by atoms with Gasteiger partial charge in [0.05, 0.1) is 20.9 Å². The zero-order chi connectivity index (χ0) is 17.6. The molecule has 2 aromatic carbocycles. The van der Waals surface area contributed by atoms with Crippen LogP contribution < -0.4 is 4.74 Å². The maximum Gasteiger partial charge on any atom is 0.118 e. The predicted octanol–water partition coefficient (Wildman–Crippen LogP) is 5.44. The fourth-order valence-electron chi connectivity index (χ4n) is 3.38. The van der Waals surface area contributed by atoms with E-state index < -0.39 is 8.07 Å². The second kappa shape index (κ2) is 5.59. The Morgan fingerprint density at radius 1 is 0.917 bits per heavy atom. The van der Waals surface area contributed by atoms with E-state index in [-0.39, 0.29) is 10.2 Å². The van der Waals surface area contributed by atoms with Gasteiger partial charge in [-0.3, -0.25) is 4.99 Å². The number of rotatable bonds is 4. The normalized spacial score (nSPS) is 20.5. The van der Waals surface area contributed by atoms with Crippen molar-refractivity contribution in [1.82, 2.24) is 0 Å². The van der Waals surface area contributed by atoms with Crippen molar-refractivity contribution in [3.8, 4) is 5.75 Å². The molecule has 1 aliphatic heterocycles. The van der Waals surface area contributed by atoms with Gasteiger partial charge in [0.1, 0.15) is 10.9 Å². The number of ether oxygens (including phenoxy) is 1. The quantitative estimate of drug-likeness (QED) is 0.681. The first-order valence-electron chi connectivity index (χ1n) is 8.54. The molecule has 0 N–H and O–H groups in total. The summed E-state index contributed by atoms with van der Waals surface area (Å²) in [6.45, 7) is 12.0. The minimum atomic E-state index is -1.76. The Hall–Kier alpha value is -1.87. The van der Waals surface area contributed by atoms with Gasteiger partial charge in [0.25, 0.3) is 0 Å². The zero-order valence-electron chi connectivity index (χ0n) is 15.6. The Morgan fingerprint density at radius 3 is 2.00 bits per heavy atom. The van der Waals surface area contributed by atoms with Crippen LogP contribution >= 0.6 is 0 Å². The fourth-order valence-corrected chi connectivity index (χ4v) is 6.48. The molecule has 126 valence electrons. The van der Waals surface area contributed by atoms with Crippen molar-refractivity contribution in [2.75, 3.05) is 7.11 Å². The smallest absolute Gasteiger partial charge is 0.118 e. The van der Waals surface area contributed by atoms with Crippen molar-refractivity contribution in [2.45, 2.75) is 44.1 Å². The molecule has 1 aliphatic rings. The molecular weight excluding hydrogens is 310 g/mol. The minimum Gasteiger partial charge on any atom is -0.497 e. The maximum absolute atomic E-state index is 5.30. The number of hydrogen-bond acceptors (Lipinski definition) is 2. The largest absolute Gasteiger partial charge is 0.497 e. The van der Waals surface area contributed by atoms with E-state index in [2.05, 4.69) is 76.3 Å². The van der Waals surface area contributed by atoms with Gasteiger partial charge >= 0.3 is 0 Å². The van der Waals surface area contributed by atoms with Crippen molar-refractivity contribution in [3.63, 3.8) is 0 Å². The SMILES string of the molecule is COc1ccc(C2=NC2(c2ccccc2)[Si](C)(C)C(C)(C)C)cc1. The molecule has 0 aromatic heterocycles. The third-order valence-corrected chi connectivity index (χ3v) is 12.1. The van der Waals surface area contributed by atoms with E-state index in [0.29, 0.717) is 0 Å². The van der Waals surface area contributed by atoms with E-state index in [1.165, 1.54) is 16.8 Å². The lowest BCUT2D eigenvalue weighted by molar-refractivity contribution is 0.415. The Morgan fingerprint density at radius 2 is 1.50 bits per heavy atom. The highest BCUT2D eigenvalue weighted by molar-refractivity contribution is 6.88. The third kappa shape index (κ3) is 2.42. The summed E-state index contributed by atoms with van der Waals surface area (Å²) >= 11 is 0. The molecular formula is C21H27NOSi. The molecule has 1 atom stereocenters. The Bertz CT molecular complexity index is 757. The average molecular weight is 338 g/mol. The van der Waals surface area contributed by atoms with E-state index in [9.17, 15) is 0 Å². The Kier molecular flexibility index (Phi) is 3.95. The van der Waals surface area contributed by atoms with Crippen LogP contribution in [0.1, 0.15) is 31.9 Å². The average Bonchev–Trinajstić information content (AvgIpc) is 3.32. The van der Waals surface area contributed by atoms with Gasteiger partial charge in [-0.15, -0.1) is 0 Å². The molecule has 0 aliphatic carbocycles. The van der Waals surface area contributed by atoms with Crippen LogP contribution in [0.5, 0.6) is 5.75 Å². The van der Waals surface area contributed by atoms with E-state index in [4.69, 9.17) is 9.73 Å². The molecule has 2 aromatic rings. The van der Waals surface area contributed by atoms with Crippen LogP contribution in [-0.4, -0.2) is 20.9 Å². The summed E-state index contributed by atoms with van der Waals surface area (Å²) < 4.78 is 5.30. The molecule has 1 heterocycles. The van der Waals surface area contributed by atoms with Crippen molar-refractivity contribution in [3.05, 3.63) is 65.7 Å². The topological polar surface area (TPSA) is 21.6 Å². The summed E-state index contributed by atoms with van der Waals surface area (Å²) in [5.74, 6) is 0.887. The van der Waals surface area contributed by atoms with Gasteiger partial charge in [-0.2, -0.15) is 0 Å². The standard InChI is InChI=1S/C21H27NOSi/c1-20(2,3)24(5,6)21(17-10-8-7-9-11-17)19(22-21)16-12-14-18(23-4)15-13-16/h7-15H,1-6H3. The number of methoxy groups -OCH3 is 1. The number of benzene rings is 2. The lowest BCUT2D eigenvalue weighted by Gasteiger charge is -2.43. The Balaban J connectivity index is 2.08. The van der Waals surface area contributed by atoms with Gasteiger partial charge in [-0.25, -0.2) is 0 Å². The predicted molar refractivity (Wildman–Crippen MR) is 105 cm³/mol. The number of nitrogens with zero attached hydrogens (tertiary/aromatic N) is 1. The highest BCUT2D eigenvalue weighted by Gasteiger charge is 2.64. The van der Waals surface area contributed by atoms with Gasteiger partial charge in [-0.05, 0) is 40.4 Å². The number of aliphatic imine (C=N–C) groups is 1. The van der Waals surface area contributed by atoms with Gasteiger partial charge < -0.3 is 4.74 Å². The summed E-state index contributed by atoms with van der Waals surface area (Å²) in [7, 11) is -0.0630. The maximum atomic E-state index is 5.30. The van der Waals surface area contributed by atoms with E-state index >= 15 is 0 Å². The third-order valence-electron chi connectivity index (χ3n) is 5.91. The molecule has 2 nitrogen and oxygen atoms in total.